The minimum Gasteiger partial charge on any atom is -0.496 e. The van der Waals surface area contributed by atoms with Crippen molar-refractivity contribution in [3.8, 4) is 5.75 Å². The summed E-state index contributed by atoms with van der Waals surface area (Å²) in [6, 6.07) is 28.5. The molecule has 0 fully saturated rings. The lowest BCUT2D eigenvalue weighted by Crippen LogP contribution is -2.24. The molecule has 1 aliphatic heterocycles. The summed E-state index contributed by atoms with van der Waals surface area (Å²) in [5.74, 6) is 1.00. The van der Waals surface area contributed by atoms with Gasteiger partial charge in [0.2, 0.25) is 0 Å². The molecule has 0 amide bonds. The van der Waals surface area contributed by atoms with Crippen molar-refractivity contribution < 1.29 is 4.74 Å². The number of fused-ring (bicyclic) bond motifs is 2. The second kappa shape index (κ2) is 9.79. The van der Waals surface area contributed by atoms with Gasteiger partial charge in [-0.25, -0.2) is 0 Å². The molecule has 4 heteroatoms. The van der Waals surface area contributed by atoms with Crippen molar-refractivity contribution in [3.05, 3.63) is 112 Å². The molecule has 1 atom stereocenters. The summed E-state index contributed by atoms with van der Waals surface area (Å²) in [5, 5.41) is 0. The zero-order valence-corrected chi connectivity index (χ0v) is 23.0. The lowest BCUT2D eigenvalue weighted by atomic mass is 9.76. The Hall–Kier alpha value is -3.24. The van der Waals surface area contributed by atoms with Gasteiger partial charge in [0.05, 0.1) is 18.5 Å². The molecule has 4 aromatic carbocycles. The highest BCUT2D eigenvalue weighted by atomic mass is 79.9. The molecule has 0 aliphatic carbocycles. The molecule has 0 radical (unpaired) electrons. The van der Waals surface area contributed by atoms with Gasteiger partial charge in [0, 0.05) is 37.0 Å². The van der Waals surface area contributed by atoms with Gasteiger partial charge >= 0.3 is 0 Å². The van der Waals surface area contributed by atoms with Gasteiger partial charge in [0.15, 0.2) is 0 Å². The fraction of sp³-hybridized carbons (Fsp3) is 0.226. The summed E-state index contributed by atoms with van der Waals surface area (Å²) in [5.41, 5.74) is 12.5. The van der Waals surface area contributed by atoms with E-state index in [0.717, 1.165) is 11.4 Å². The van der Waals surface area contributed by atoms with Crippen molar-refractivity contribution in [2.75, 3.05) is 31.0 Å². The molecule has 0 aromatic heterocycles. The molecular weight excluding hydrogens is 496 g/mol. The Morgan fingerprint density at radius 2 is 1.43 bits per heavy atom. The highest BCUT2D eigenvalue weighted by Gasteiger charge is 2.36. The van der Waals surface area contributed by atoms with Gasteiger partial charge in [0.1, 0.15) is 5.75 Å². The van der Waals surface area contributed by atoms with Crippen molar-refractivity contribution in [2.24, 2.45) is 0 Å². The van der Waals surface area contributed by atoms with E-state index < -0.39 is 0 Å². The number of methoxy groups -OCH3 is 1. The number of halogens is 1. The van der Waals surface area contributed by atoms with Gasteiger partial charge in [-0.2, -0.15) is 0 Å². The van der Waals surface area contributed by atoms with E-state index in [-0.39, 0.29) is 22.9 Å². The molecule has 0 saturated carbocycles. The summed E-state index contributed by atoms with van der Waals surface area (Å²) >= 11 is 0. The van der Waals surface area contributed by atoms with E-state index in [4.69, 9.17) is 4.74 Å². The number of hydrogen-bond donors (Lipinski definition) is 0. The zero-order valence-electron chi connectivity index (χ0n) is 21.3. The predicted molar refractivity (Wildman–Crippen MR) is 154 cm³/mol. The molecule has 1 heterocycles. The van der Waals surface area contributed by atoms with Crippen LogP contribution in [0, 0.1) is 20.8 Å². The van der Waals surface area contributed by atoms with E-state index in [2.05, 4.69) is 124 Å². The van der Waals surface area contributed by atoms with Crippen molar-refractivity contribution in [3.63, 3.8) is 0 Å². The maximum atomic E-state index is 5.99. The average Bonchev–Trinajstić information content (AvgIpc) is 2.82. The van der Waals surface area contributed by atoms with Gasteiger partial charge in [-0.15, -0.1) is 17.0 Å². The molecule has 5 rings (SSSR count). The van der Waals surface area contributed by atoms with Crippen LogP contribution in [0.3, 0.4) is 0 Å². The summed E-state index contributed by atoms with van der Waals surface area (Å²) < 4.78 is 5.99. The lowest BCUT2D eigenvalue weighted by Gasteiger charge is -2.40. The summed E-state index contributed by atoms with van der Waals surface area (Å²) in [6.45, 7) is 6.65. The fourth-order valence-corrected chi connectivity index (χ4v) is 5.53. The van der Waals surface area contributed by atoms with E-state index in [1.165, 1.54) is 50.4 Å². The van der Waals surface area contributed by atoms with Crippen LogP contribution in [0.15, 0.2) is 78.9 Å². The van der Waals surface area contributed by atoms with E-state index >= 15 is 0 Å². The molecule has 0 saturated heterocycles. The molecule has 4 aromatic rings. The SMILES string of the molecule is Br.COc1cccc2c1C(c1c(C)cc(C)cc1C)c1ccc(N(C)C)cc1N2c1ccccc1. The standard InChI is InChI=1S/C31H32N2O.BrH/c1-20-17-21(2)29(22(3)18-20)30-25-16-15-24(32(4)5)19-27(25)33(23-11-8-7-9-12-23)26-13-10-14-28(34-6)31(26)30;/h7-19,30H,1-6H3;1H. The van der Waals surface area contributed by atoms with E-state index in [1.54, 1.807) is 7.11 Å². The van der Waals surface area contributed by atoms with Gasteiger partial charge < -0.3 is 14.5 Å². The van der Waals surface area contributed by atoms with Gasteiger partial charge in [0.25, 0.3) is 0 Å². The number of nitrogens with zero attached hydrogens (tertiary/aromatic N) is 2. The first-order valence-electron chi connectivity index (χ1n) is 11.8. The number of para-hydroxylation sites is 1. The fourth-order valence-electron chi connectivity index (χ4n) is 5.53. The molecule has 1 aliphatic rings. The van der Waals surface area contributed by atoms with Crippen LogP contribution in [0.25, 0.3) is 0 Å². The third-order valence-corrected chi connectivity index (χ3v) is 6.92. The third kappa shape index (κ3) is 4.21. The quantitative estimate of drug-likeness (QED) is 0.233. The van der Waals surface area contributed by atoms with Crippen LogP contribution in [0.4, 0.5) is 22.7 Å². The van der Waals surface area contributed by atoms with E-state index in [1.807, 2.05) is 0 Å². The third-order valence-electron chi connectivity index (χ3n) is 6.92. The van der Waals surface area contributed by atoms with Crippen molar-refractivity contribution in [2.45, 2.75) is 26.7 Å². The normalized spacial score (nSPS) is 14.0. The Morgan fingerprint density at radius 1 is 0.743 bits per heavy atom. The van der Waals surface area contributed by atoms with Crippen LogP contribution in [-0.2, 0) is 0 Å². The molecule has 0 N–H and O–H groups in total. The molecule has 1 unspecified atom stereocenters. The molecule has 180 valence electrons. The second-order valence-corrected chi connectivity index (χ2v) is 9.45. The summed E-state index contributed by atoms with van der Waals surface area (Å²) in [4.78, 5) is 4.55. The topological polar surface area (TPSA) is 15.7 Å². The molecular formula is C31H33BrN2O. The maximum Gasteiger partial charge on any atom is 0.125 e. The molecule has 35 heavy (non-hydrogen) atoms. The minimum atomic E-state index is 0. The Bertz CT molecular complexity index is 1340. The Kier molecular flexibility index (Phi) is 6.95. The van der Waals surface area contributed by atoms with Crippen LogP contribution in [0.2, 0.25) is 0 Å². The zero-order chi connectivity index (χ0) is 24.0. The smallest absolute Gasteiger partial charge is 0.125 e. The minimum absolute atomic E-state index is 0. The Labute approximate surface area is 219 Å². The number of rotatable bonds is 4. The summed E-state index contributed by atoms with van der Waals surface area (Å²) in [7, 11) is 5.97. The van der Waals surface area contributed by atoms with Gasteiger partial charge in [-0.3, -0.25) is 0 Å². The van der Waals surface area contributed by atoms with Gasteiger partial charge in [-0.1, -0.05) is 48.0 Å². The van der Waals surface area contributed by atoms with Crippen molar-refractivity contribution >= 4 is 39.7 Å². The first kappa shape index (κ1) is 24.9. The van der Waals surface area contributed by atoms with Crippen LogP contribution in [-0.4, -0.2) is 21.2 Å². The van der Waals surface area contributed by atoms with Crippen molar-refractivity contribution in [1.29, 1.82) is 0 Å². The molecule has 0 bridgehead atoms. The highest BCUT2D eigenvalue weighted by Crippen LogP contribution is 2.55. The van der Waals surface area contributed by atoms with Crippen LogP contribution in [0.5, 0.6) is 5.75 Å². The number of hydrogen-bond acceptors (Lipinski definition) is 3. The predicted octanol–water partition coefficient (Wildman–Crippen LogP) is 8.23. The second-order valence-electron chi connectivity index (χ2n) is 9.45. The van der Waals surface area contributed by atoms with Crippen molar-refractivity contribution in [1.82, 2.24) is 0 Å². The Balaban J connectivity index is 0.00000289. The first-order valence-corrected chi connectivity index (χ1v) is 11.8. The van der Waals surface area contributed by atoms with Crippen LogP contribution < -0.4 is 14.5 Å². The maximum absolute atomic E-state index is 5.99. The summed E-state index contributed by atoms with van der Waals surface area (Å²) in [6.07, 6.45) is 0. The lowest BCUT2D eigenvalue weighted by molar-refractivity contribution is 0.409. The molecule has 3 nitrogen and oxygen atoms in total. The van der Waals surface area contributed by atoms with E-state index in [9.17, 15) is 0 Å². The van der Waals surface area contributed by atoms with Crippen LogP contribution in [0.1, 0.15) is 39.3 Å². The number of aryl methyl sites for hydroxylation is 3. The number of benzene rings is 4. The monoisotopic (exact) mass is 528 g/mol. The highest BCUT2D eigenvalue weighted by molar-refractivity contribution is 8.93. The molecule has 0 spiro atoms. The largest absolute Gasteiger partial charge is 0.496 e. The number of anilines is 4. The van der Waals surface area contributed by atoms with Gasteiger partial charge in [-0.05, 0) is 79.4 Å². The number of ether oxygens (including phenoxy) is 1. The Morgan fingerprint density at radius 3 is 2.06 bits per heavy atom. The average molecular weight is 530 g/mol. The van der Waals surface area contributed by atoms with Crippen LogP contribution >= 0.6 is 17.0 Å². The first-order chi connectivity index (χ1) is 16.4. The van der Waals surface area contributed by atoms with E-state index in [0.29, 0.717) is 0 Å².